The molecule has 0 saturated heterocycles. The fraction of sp³-hybridized carbons (Fsp3) is 0.200. The van der Waals surface area contributed by atoms with Crippen molar-refractivity contribution in [2.75, 3.05) is 13.7 Å². The van der Waals surface area contributed by atoms with Crippen LogP contribution in [0.15, 0.2) is 60.7 Å². The van der Waals surface area contributed by atoms with Crippen molar-refractivity contribution < 1.29 is 14.4 Å². The molecule has 3 rings (SSSR count). The molecule has 3 heteroatoms. The Morgan fingerprint density at radius 1 is 0.913 bits per heavy atom. The van der Waals surface area contributed by atoms with Gasteiger partial charge in [-0.15, -0.1) is 0 Å². The molecule has 0 radical (unpaired) electrons. The maximum absolute atomic E-state index is 12.9. The minimum absolute atomic E-state index is 0.178. The Bertz CT molecular complexity index is 783. The van der Waals surface area contributed by atoms with Gasteiger partial charge in [0.05, 0.1) is 13.7 Å². The summed E-state index contributed by atoms with van der Waals surface area (Å²) in [6.07, 6.45) is 0.939. The van der Waals surface area contributed by atoms with Gasteiger partial charge in [-0.25, -0.2) is 4.39 Å². The van der Waals surface area contributed by atoms with E-state index >= 15 is 0 Å². The summed E-state index contributed by atoms with van der Waals surface area (Å²) in [5.41, 5.74) is 2.47. The van der Waals surface area contributed by atoms with Crippen molar-refractivity contribution in [3.8, 4) is 5.75 Å². The zero-order valence-electron chi connectivity index (χ0n) is 13.3. The van der Waals surface area contributed by atoms with Crippen LogP contribution in [0.3, 0.4) is 0 Å². The Morgan fingerprint density at radius 2 is 1.65 bits per heavy atom. The molecule has 0 fully saturated rings. The molecule has 0 aliphatic rings. The summed E-state index contributed by atoms with van der Waals surface area (Å²) in [6, 6.07) is 19.2. The maximum atomic E-state index is 12.9. The van der Waals surface area contributed by atoms with Gasteiger partial charge in [-0.05, 0) is 35.2 Å². The molecule has 3 aromatic carbocycles. The van der Waals surface area contributed by atoms with Crippen molar-refractivity contribution in [2.24, 2.45) is 0 Å². The van der Waals surface area contributed by atoms with Crippen LogP contribution in [-0.4, -0.2) is 13.7 Å². The average Bonchev–Trinajstić information content (AvgIpc) is 2.60. The van der Waals surface area contributed by atoms with E-state index in [-0.39, 0.29) is 5.82 Å². The fourth-order valence-corrected chi connectivity index (χ4v) is 2.87. The van der Waals surface area contributed by atoms with E-state index in [2.05, 4.69) is 29.6 Å². The predicted octanol–water partition coefficient (Wildman–Crippen LogP) is 3.29. The Morgan fingerprint density at radius 3 is 2.39 bits per heavy atom. The maximum Gasteiger partial charge on any atom is 0.126 e. The number of ether oxygens (including phenoxy) is 1. The molecule has 2 N–H and O–H groups in total. The quantitative estimate of drug-likeness (QED) is 0.695. The molecule has 0 heterocycles. The van der Waals surface area contributed by atoms with Crippen LogP contribution in [-0.2, 0) is 13.0 Å². The van der Waals surface area contributed by atoms with Crippen LogP contribution in [0.1, 0.15) is 11.1 Å². The fourth-order valence-electron chi connectivity index (χ4n) is 2.87. The minimum Gasteiger partial charge on any atom is -0.496 e. The van der Waals surface area contributed by atoms with Crippen molar-refractivity contribution in [3.05, 3.63) is 77.6 Å². The van der Waals surface area contributed by atoms with E-state index < -0.39 is 0 Å². The van der Waals surface area contributed by atoms with Gasteiger partial charge in [0.2, 0.25) is 0 Å². The summed E-state index contributed by atoms with van der Waals surface area (Å²) < 4.78 is 18.3. The molecule has 23 heavy (non-hydrogen) atoms. The zero-order chi connectivity index (χ0) is 16.1. The molecule has 0 spiro atoms. The third-order valence-corrected chi connectivity index (χ3v) is 4.11. The lowest BCUT2D eigenvalue weighted by Crippen LogP contribution is -2.83. The van der Waals surface area contributed by atoms with E-state index in [1.54, 1.807) is 7.11 Å². The van der Waals surface area contributed by atoms with Crippen LogP contribution in [0.4, 0.5) is 4.39 Å². The third-order valence-electron chi connectivity index (χ3n) is 4.11. The van der Waals surface area contributed by atoms with Gasteiger partial charge in [-0.2, -0.15) is 0 Å². The normalized spacial score (nSPS) is 10.9. The molecule has 2 nitrogen and oxygen atoms in total. The van der Waals surface area contributed by atoms with E-state index in [4.69, 9.17) is 4.74 Å². The lowest BCUT2D eigenvalue weighted by atomic mass is 10.0. The van der Waals surface area contributed by atoms with Crippen LogP contribution in [0.25, 0.3) is 10.8 Å². The highest BCUT2D eigenvalue weighted by atomic mass is 19.1. The van der Waals surface area contributed by atoms with E-state index in [1.165, 1.54) is 28.6 Å². The summed E-state index contributed by atoms with van der Waals surface area (Å²) >= 11 is 0. The largest absolute Gasteiger partial charge is 0.496 e. The standard InChI is InChI=1S/C20H20FNO/c1-23-20-11-8-16(18-4-2-3-5-19(18)20)14-22-13-12-15-6-9-17(21)10-7-15/h2-11,22H,12-14H2,1H3/p+1. The van der Waals surface area contributed by atoms with E-state index in [0.29, 0.717) is 0 Å². The van der Waals surface area contributed by atoms with Gasteiger partial charge >= 0.3 is 0 Å². The Kier molecular flexibility index (Phi) is 4.89. The smallest absolute Gasteiger partial charge is 0.126 e. The van der Waals surface area contributed by atoms with Crippen LogP contribution in [0.5, 0.6) is 5.75 Å². The third kappa shape index (κ3) is 3.69. The lowest BCUT2D eigenvalue weighted by Gasteiger charge is -2.10. The molecule has 0 aromatic heterocycles. The van der Waals surface area contributed by atoms with Gasteiger partial charge in [0.15, 0.2) is 0 Å². The van der Waals surface area contributed by atoms with Gasteiger partial charge in [-0.1, -0.05) is 36.4 Å². The van der Waals surface area contributed by atoms with Gasteiger partial charge in [0, 0.05) is 17.4 Å². The first-order valence-corrected chi connectivity index (χ1v) is 7.88. The highest BCUT2D eigenvalue weighted by Gasteiger charge is 2.07. The Labute approximate surface area is 135 Å². The number of halogens is 1. The Balaban J connectivity index is 1.64. The van der Waals surface area contributed by atoms with Crippen molar-refractivity contribution in [1.29, 1.82) is 0 Å². The van der Waals surface area contributed by atoms with Crippen LogP contribution >= 0.6 is 0 Å². The van der Waals surface area contributed by atoms with Crippen LogP contribution < -0.4 is 10.1 Å². The molecule has 118 valence electrons. The van der Waals surface area contributed by atoms with Crippen molar-refractivity contribution in [2.45, 2.75) is 13.0 Å². The first kappa shape index (κ1) is 15.5. The minimum atomic E-state index is -0.178. The van der Waals surface area contributed by atoms with Gasteiger partial charge < -0.3 is 10.1 Å². The lowest BCUT2D eigenvalue weighted by molar-refractivity contribution is -0.669. The SMILES string of the molecule is COc1ccc(C[NH2+]CCc2ccc(F)cc2)c2ccccc12. The summed E-state index contributed by atoms with van der Waals surface area (Å²) in [6.45, 7) is 1.90. The number of quaternary nitrogens is 1. The second-order valence-electron chi connectivity index (χ2n) is 5.63. The summed E-state index contributed by atoms with van der Waals surface area (Å²) in [5, 5.41) is 4.68. The number of hydrogen-bond acceptors (Lipinski definition) is 1. The highest BCUT2D eigenvalue weighted by molar-refractivity contribution is 5.90. The van der Waals surface area contributed by atoms with Gasteiger partial charge in [0.25, 0.3) is 0 Å². The van der Waals surface area contributed by atoms with Crippen molar-refractivity contribution >= 4 is 10.8 Å². The number of hydrogen-bond donors (Lipinski definition) is 1. The molecular formula is C20H21FNO+. The molecular weight excluding hydrogens is 289 g/mol. The first-order chi connectivity index (χ1) is 11.3. The second kappa shape index (κ2) is 7.25. The van der Waals surface area contributed by atoms with Crippen molar-refractivity contribution in [1.82, 2.24) is 0 Å². The summed E-state index contributed by atoms with van der Waals surface area (Å²) in [5.74, 6) is 0.734. The zero-order valence-corrected chi connectivity index (χ0v) is 13.3. The molecule has 0 atom stereocenters. The average molecular weight is 310 g/mol. The monoisotopic (exact) mass is 310 g/mol. The molecule has 0 bridgehead atoms. The van der Waals surface area contributed by atoms with Crippen molar-refractivity contribution in [3.63, 3.8) is 0 Å². The summed E-state index contributed by atoms with van der Waals surface area (Å²) in [7, 11) is 1.70. The molecule has 0 amide bonds. The number of rotatable bonds is 6. The number of fused-ring (bicyclic) bond motifs is 1. The highest BCUT2D eigenvalue weighted by Crippen LogP contribution is 2.27. The number of methoxy groups -OCH3 is 1. The predicted molar refractivity (Wildman–Crippen MR) is 91.1 cm³/mol. The molecule has 3 aromatic rings. The van der Waals surface area contributed by atoms with Crippen LogP contribution in [0, 0.1) is 5.82 Å². The van der Waals surface area contributed by atoms with Gasteiger partial charge in [-0.3, -0.25) is 0 Å². The topological polar surface area (TPSA) is 25.8 Å². The van der Waals surface area contributed by atoms with Crippen LogP contribution in [0.2, 0.25) is 0 Å². The van der Waals surface area contributed by atoms with Gasteiger partial charge in [0.1, 0.15) is 18.1 Å². The van der Waals surface area contributed by atoms with E-state index in [1.807, 2.05) is 24.3 Å². The first-order valence-electron chi connectivity index (χ1n) is 7.88. The van der Waals surface area contributed by atoms with E-state index in [9.17, 15) is 4.39 Å². The summed E-state index contributed by atoms with van der Waals surface area (Å²) in [4.78, 5) is 0. The van der Waals surface area contributed by atoms with E-state index in [0.717, 1.165) is 30.6 Å². The molecule has 0 aliphatic heterocycles. The molecule has 0 aliphatic carbocycles. The number of nitrogens with two attached hydrogens (primary N) is 1. The second-order valence-corrected chi connectivity index (χ2v) is 5.63. The Hall–Kier alpha value is -2.39. The molecule has 0 unspecified atom stereocenters. The molecule has 0 saturated carbocycles. The number of benzene rings is 3.